The summed E-state index contributed by atoms with van der Waals surface area (Å²) < 4.78 is 0. The number of nitrogen functional groups attached to an aromatic ring is 1. The van der Waals surface area contributed by atoms with Gasteiger partial charge in [-0.15, -0.1) is 11.3 Å². The molecule has 19 heavy (non-hydrogen) atoms. The Balaban J connectivity index is 2.38. The summed E-state index contributed by atoms with van der Waals surface area (Å²) in [5.74, 6) is 1.55. The van der Waals surface area contributed by atoms with Gasteiger partial charge in [0.05, 0.1) is 5.69 Å². The van der Waals surface area contributed by atoms with Crippen LogP contribution in [0.25, 0.3) is 0 Å². The van der Waals surface area contributed by atoms with E-state index in [-0.39, 0.29) is 0 Å². The molecule has 0 spiro atoms. The van der Waals surface area contributed by atoms with E-state index in [0.717, 1.165) is 30.5 Å². The maximum absolute atomic E-state index is 5.68. The first-order valence-corrected chi connectivity index (χ1v) is 8.27. The monoisotopic (exact) mass is 283 g/mol. The topological polar surface area (TPSA) is 42.1 Å². The minimum Gasteiger partial charge on any atom is -0.375 e. The van der Waals surface area contributed by atoms with Gasteiger partial charge in [-0.05, 0) is 37.8 Å². The smallest absolute Gasteiger partial charge is 0.180 e. The van der Waals surface area contributed by atoms with Gasteiger partial charge < -0.3 is 10.6 Å². The normalized spacial score (nSPS) is 11.9. The number of thiazole rings is 1. The van der Waals surface area contributed by atoms with E-state index in [4.69, 9.17) is 5.73 Å². The van der Waals surface area contributed by atoms with Gasteiger partial charge in [0.2, 0.25) is 0 Å². The van der Waals surface area contributed by atoms with E-state index in [1.807, 2.05) is 0 Å². The van der Waals surface area contributed by atoms with Gasteiger partial charge in [0.25, 0.3) is 0 Å². The zero-order valence-electron chi connectivity index (χ0n) is 12.9. The van der Waals surface area contributed by atoms with Crippen molar-refractivity contribution < 1.29 is 0 Å². The number of aromatic nitrogens is 1. The van der Waals surface area contributed by atoms with Crippen molar-refractivity contribution in [2.24, 2.45) is 11.8 Å². The second-order valence-corrected chi connectivity index (χ2v) is 7.02. The van der Waals surface area contributed by atoms with Gasteiger partial charge in [0, 0.05) is 18.3 Å². The Hall–Kier alpha value is -0.610. The van der Waals surface area contributed by atoms with Crippen molar-refractivity contribution in [2.45, 2.75) is 47.0 Å². The van der Waals surface area contributed by atoms with Crippen molar-refractivity contribution in [1.82, 2.24) is 9.88 Å². The molecule has 0 saturated heterocycles. The van der Waals surface area contributed by atoms with Crippen molar-refractivity contribution in [3.05, 3.63) is 11.1 Å². The van der Waals surface area contributed by atoms with E-state index in [0.29, 0.717) is 5.13 Å². The maximum atomic E-state index is 5.68. The summed E-state index contributed by atoms with van der Waals surface area (Å²) in [5.41, 5.74) is 6.82. The Morgan fingerprint density at radius 1 is 1.11 bits per heavy atom. The highest BCUT2D eigenvalue weighted by atomic mass is 32.1. The van der Waals surface area contributed by atoms with E-state index < -0.39 is 0 Å². The highest BCUT2D eigenvalue weighted by Crippen LogP contribution is 2.13. The molecular weight excluding hydrogens is 254 g/mol. The van der Waals surface area contributed by atoms with Crippen molar-refractivity contribution in [1.29, 1.82) is 0 Å². The van der Waals surface area contributed by atoms with Crippen LogP contribution in [0.4, 0.5) is 5.13 Å². The SMILES string of the molecule is CC(C)CCN(CCc1csc(N)n1)CCC(C)C. The molecule has 110 valence electrons. The largest absolute Gasteiger partial charge is 0.375 e. The van der Waals surface area contributed by atoms with Crippen LogP contribution in [0, 0.1) is 11.8 Å². The maximum Gasteiger partial charge on any atom is 0.180 e. The van der Waals surface area contributed by atoms with Crippen molar-refractivity contribution >= 4 is 16.5 Å². The van der Waals surface area contributed by atoms with Crippen molar-refractivity contribution in [3.8, 4) is 0 Å². The molecule has 0 aromatic carbocycles. The van der Waals surface area contributed by atoms with E-state index >= 15 is 0 Å². The molecule has 0 aliphatic heterocycles. The number of nitrogens with zero attached hydrogens (tertiary/aromatic N) is 2. The van der Waals surface area contributed by atoms with Crippen LogP contribution in [0.3, 0.4) is 0 Å². The van der Waals surface area contributed by atoms with E-state index in [1.54, 1.807) is 11.3 Å². The third-order valence-corrected chi connectivity index (χ3v) is 4.02. The van der Waals surface area contributed by atoms with Crippen LogP contribution in [0.1, 0.15) is 46.2 Å². The minimum atomic E-state index is 0.686. The average molecular weight is 283 g/mol. The first-order chi connectivity index (χ1) is 8.97. The molecule has 0 atom stereocenters. The lowest BCUT2D eigenvalue weighted by Crippen LogP contribution is -2.30. The number of hydrogen-bond donors (Lipinski definition) is 1. The first-order valence-electron chi connectivity index (χ1n) is 7.39. The summed E-state index contributed by atoms with van der Waals surface area (Å²) in [7, 11) is 0. The van der Waals surface area contributed by atoms with Crippen molar-refractivity contribution in [2.75, 3.05) is 25.4 Å². The summed E-state index contributed by atoms with van der Waals surface area (Å²) in [4.78, 5) is 6.92. The lowest BCUT2D eigenvalue weighted by atomic mass is 10.1. The van der Waals surface area contributed by atoms with Crippen LogP contribution < -0.4 is 5.73 Å². The van der Waals surface area contributed by atoms with Gasteiger partial charge in [-0.3, -0.25) is 0 Å². The Morgan fingerprint density at radius 2 is 1.68 bits per heavy atom. The van der Waals surface area contributed by atoms with Gasteiger partial charge in [-0.25, -0.2) is 4.98 Å². The second kappa shape index (κ2) is 8.54. The third kappa shape index (κ3) is 7.53. The number of nitrogens with two attached hydrogens (primary N) is 1. The van der Waals surface area contributed by atoms with Crippen LogP contribution in [0.5, 0.6) is 0 Å². The molecule has 1 heterocycles. The number of rotatable bonds is 9. The molecule has 2 N–H and O–H groups in total. The summed E-state index contributed by atoms with van der Waals surface area (Å²) in [6.45, 7) is 12.7. The van der Waals surface area contributed by atoms with E-state index in [9.17, 15) is 0 Å². The molecule has 0 fully saturated rings. The molecular formula is C15H29N3S. The van der Waals surface area contributed by atoms with Gasteiger partial charge in [0.15, 0.2) is 5.13 Å². The van der Waals surface area contributed by atoms with Gasteiger partial charge in [0.1, 0.15) is 0 Å². The lowest BCUT2D eigenvalue weighted by Gasteiger charge is -2.23. The molecule has 0 bridgehead atoms. The Bertz CT molecular complexity index is 335. The first kappa shape index (κ1) is 16.4. The standard InChI is InChI=1S/C15H29N3S/c1-12(2)5-8-18(9-6-13(3)4)10-7-14-11-19-15(16)17-14/h11-13H,5-10H2,1-4H3,(H2,16,17). The predicted molar refractivity (Wildman–Crippen MR) is 85.6 cm³/mol. The minimum absolute atomic E-state index is 0.686. The lowest BCUT2D eigenvalue weighted by molar-refractivity contribution is 0.245. The van der Waals surface area contributed by atoms with Gasteiger partial charge in [-0.2, -0.15) is 0 Å². The molecule has 0 radical (unpaired) electrons. The molecule has 1 rings (SSSR count). The van der Waals surface area contributed by atoms with E-state index in [1.165, 1.54) is 25.9 Å². The van der Waals surface area contributed by atoms with Crippen molar-refractivity contribution in [3.63, 3.8) is 0 Å². The quantitative estimate of drug-likeness (QED) is 0.752. The van der Waals surface area contributed by atoms with Gasteiger partial charge >= 0.3 is 0 Å². The summed E-state index contributed by atoms with van der Waals surface area (Å²) >= 11 is 1.54. The summed E-state index contributed by atoms with van der Waals surface area (Å²) in [6, 6.07) is 0. The summed E-state index contributed by atoms with van der Waals surface area (Å²) in [5, 5.41) is 2.77. The molecule has 0 unspecified atom stereocenters. The Kier molecular flexibility index (Phi) is 7.39. The van der Waals surface area contributed by atoms with Crippen LogP contribution in [0.2, 0.25) is 0 Å². The molecule has 0 aliphatic rings. The molecule has 4 heteroatoms. The van der Waals surface area contributed by atoms with Crippen LogP contribution in [-0.2, 0) is 6.42 Å². The fraction of sp³-hybridized carbons (Fsp3) is 0.800. The molecule has 0 amide bonds. The highest BCUT2D eigenvalue weighted by molar-refractivity contribution is 7.13. The molecule has 1 aromatic rings. The molecule has 0 aliphatic carbocycles. The Morgan fingerprint density at radius 3 is 2.11 bits per heavy atom. The second-order valence-electron chi connectivity index (χ2n) is 6.13. The highest BCUT2D eigenvalue weighted by Gasteiger charge is 2.09. The zero-order valence-corrected chi connectivity index (χ0v) is 13.7. The van der Waals surface area contributed by atoms with E-state index in [2.05, 4.69) is 43.0 Å². The van der Waals surface area contributed by atoms with Crippen LogP contribution in [0.15, 0.2) is 5.38 Å². The molecule has 0 saturated carbocycles. The van der Waals surface area contributed by atoms with Crippen LogP contribution >= 0.6 is 11.3 Å². The zero-order chi connectivity index (χ0) is 14.3. The predicted octanol–water partition coefficient (Wildman–Crippen LogP) is 3.66. The Labute approximate surface area is 122 Å². The average Bonchev–Trinajstić information content (AvgIpc) is 2.73. The molecule has 1 aromatic heterocycles. The fourth-order valence-corrected chi connectivity index (χ4v) is 2.52. The number of anilines is 1. The fourth-order valence-electron chi connectivity index (χ4n) is 1.93. The third-order valence-electron chi connectivity index (χ3n) is 3.30. The van der Waals surface area contributed by atoms with Gasteiger partial charge in [-0.1, -0.05) is 27.7 Å². The summed E-state index contributed by atoms with van der Waals surface area (Å²) in [6.07, 6.45) is 3.57. The van der Waals surface area contributed by atoms with Crippen LogP contribution in [-0.4, -0.2) is 29.5 Å². The number of hydrogen-bond acceptors (Lipinski definition) is 4. The molecule has 3 nitrogen and oxygen atoms in total.